The van der Waals surface area contributed by atoms with Crippen LogP contribution in [-0.2, 0) is 0 Å². The van der Waals surface area contributed by atoms with Crippen LogP contribution >= 0.6 is 27.5 Å². The molecule has 0 aliphatic carbocycles. The highest BCUT2D eigenvalue weighted by Crippen LogP contribution is 2.32. The third kappa shape index (κ3) is 2.42. The number of hydrogen-bond donors (Lipinski definition) is 0. The average molecular weight is 333 g/mol. The van der Waals surface area contributed by atoms with Crippen LogP contribution in [0.4, 0.5) is 4.39 Å². The Kier molecular flexibility index (Phi) is 3.73. The normalized spacial score (nSPS) is 10.4. The molecule has 0 saturated carbocycles. The third-order valence-electron chi connectivity index (χ3n) is 2.39. The third-order valence-corrected chi connectivity index (χ3v) is 3.34. The zero-order chi connectivity index (χ0) is 13.3. The quantitative estimate of drug-likeness (QED) is 0.846. The van der Waals surface area contributed by atoms with Gasteiger partial charge in [0.2, 0.25) is 0 Å². The van der Waals surface area contributed by atoms with Gasteiger partial charge >= 0.3 is 0 Å². The highest BCUT2D eigenvalue weighted by Gasteiger charge is 2.11. The number of pyridine rings is 1. The van der Waals surface area contributed by atoms with Gasteiger partial charge < -0.3 is 4.84 Å². The molecule has 0 spiro atoms. The molecule has 0 aliphatic rings. The summed E-state index contributed by atoms with van der Waals surface area (Å²) in [6.45, 7) is 0. The van der Waals surface area contributed by atoms with Crippen molar-refractivity contribution < 1.29 is 9.23 Å². The van der Waals surface area contributed by atoms with Gasteiger partial charge in [0.1, 0.15) is 12.9 Å². The Morgan fingerprint density at radius 2 is 2.06 bits per heavy atom. The number of aromatic nitrogens is 1. The molecule has 18 heavy (non-hydrogen) atoms. The molecule has 0 aliphatic heterocycles. The van der Waals surface area contributed by atoms with E-state index in [1.54, 1.807) is 0 Å². The summed E-state index contributed by atoms with van der Waals surface area (Å²) in [6.07, 6.45) is 1.48. The number of hydrogen-bond acceptors (Lipinski definition) is 2. The van der Waals surface area contributed by atoms with Crippen molar-refractivity contribution in [2.24, 2.45) is 0 Å². The highest BCUT2D eigenvalue weighted by molar-refractivity contribution is 9.10. The molecule has 0 radical (unpaired) electrons. The topological polar surface area (TPSA) is 31.2 Å². The van der Waals surface area contributed by atoms with Crippen LogP contribution in [0.15, 0.2) is 39.7 Å². The fourth-order valence-electron chi connectivity index (χ4n) is 1.55. The molecular weight excluding hydrogens is 324 g/mol. The summed E-state index contributed by atoms with van der Waals surface area (Å²) < 4.78 is 14.7. The standard InChI is InChI=1S/C12H8BrClFNO2/c1-18-16-6-10(13)9(5-12(16)17)8-3-2-7(15)4-11(8)14/h2-6H,1H3. The molecule has 2 rings (SSSR count). The molecule has 6 heteroatoms. The Bertz CT molecular complexity index is 657. The highest BCUT2D eigenvalue weighted by atomic mass is 79.9. The second kappa shape index (κ2) is 5.12. The Morgan fingerprint density at radius 3 is 2.67 bits per heavy atom. The summed E-state index contributed by atoms with van der Waals surface area (Å²) in [4.78, 5) is 16.5. The van der Waals surface area contributed by atoms with E-state index in [-0.39, 0.29) is 10.6 Å². The number of rotatable bonds is 2. The number of halogens is 3. The van der Waals surface area contributed by atoms with Crippen LogP contribution in [0.5, 0.6) is 0 Å². The van der Waals surface area contributed by atoms with E-state index in [1.165, 1.54) is 37.6 Å². The van der Waals surface area contributed by atoms with Gasteiger partial charge in [-0.15, -0.1) is 0 Å². The maximum Gasteiger partial charge on any atom is 0.283 e. The first kappa shape index (κ1) is 13.1. The lowest BCUT2D eigenvalue weighted by atomic mass is 10.1. The summed E-state index contributed by atoms with van der Waals surface area (Å²) in [5, 5.41) is 0.241. The van der Waals surface area contributed by atoms with Crippen LogP contribution in [-0.4, -0.2) is 11.8 Å². The van der Waals surface area contributed by atoms with Gasteiger partial charge in [0.25, 0.3) is 5.56 Å². The molecule has 0 bridgehead atoms. The molecule has 94 valence electrons. The second-order valence-corrected chi connectivity index (χ2v) is 4.77. The predicted octanol–water partition coefficient (Wildman–Crippen LogP) is 3.13. The van der Waals surface area contributed by atoms with Crippen molar-refractivity contribution in [3.05, 3.63) is 56.1 Å². The predicted molar refractivity (Wildman–Crippen MR) is 71.3 cm³/mol. The Morgan fingerprint density at radius 1 is 1.33 bits per heavy atom. The molecule has 2 aromatic rings. The largest absolute Gasteiger partial charge is 0.414 e. The van der Waals surface area contributed by atoms with Crippen molar-refractivity contribution in [1.29, 1.82) is 0 Å². The Labute approximate surface area is 116 Å². The molecule has 1 heterocycles. The maximum absolute atomic E-state index is 13.0. The van der Waals surface area contributed by atoms with E-state index in [0.717, 1.165) is 4.73 Å². The zero-order valence-electron chi connectivity index (χ0n) is 9.28. The molecule has 0 amide bonds. The zero-order valence-corrected chi connectivity index (χ0v) is 11.6. The van der Waals surface area contributed by atoms with Crippen LogP contribution in [0.25, 0.3) is 11.1 Å². The van der Waals surface area contributed by atoms with Gasteiger partial charge in [0.15, 0.2) is 0 Å². The van der Waals surface area contributed by atoms with E-state index in [9.17, 15) is 9.18 Å². The summed E-state index contributed by atoms with van der Waals surface area (Å²) >= 11 is 9.28. The Balaban J connectivity index is 2.64. The lowest BCUT2D eigenvalue weighted by Gasteiger charge is -2.09. The molecule has 0 N–H and O–H groups in total. The lowest BCUT2D eigenvalue weighted by Crippen LogP contribution is -2.23. The number of benzene rings is 1. The van der Waals surface area contributed by atoms with Crippen LogP contribution in [0.1, 0.15) is 0 Å². The van der Waals surface area contributed by atoms with E-state index in [4.69, 9.17) is 16.4 Å². The van der Waals surface area contributed by atoms with Crippen LogP contribution in [0, 0.1) is 5.82 Å². The first-order valence-electron chi connectivity index (χ1n) is 4.95. The van der Waals surface area contributed by atoms with Crippen LogP contribution < -0.4 is 10.4 Å². The van der Waals surface area contributed by atoms with Crippen molar-refractivity contribution in [2.45, 2.75) is 0 Å². The molecule has 3 nitrogen and oxygen atoms in total. The molecule has 1 aromatic heterocycles. The van der Waals surface area contributed by atoms with Crippen LogP contribution in [0.2, 0.25) is 5.02 Å². The van der Waals surface area contributed by atoms with Crippen molar-refractivity contribution in [1.82, 2.24) is 4.73 Å². The molecule has 0 saturated heterocycles. The summed E-state index contributed by atoms with van der Waals surface area (Å²) in [7, 11) is 1.39. The van der Waals surface area contributed by atoms with E-state index in [1.807, 2.05) is 0 Å². The monoisotopic (exact) mass is 331 g/mol. The van der Waals surface area contributed by atoms with E-state index in [2.05, 4.69) is 15.9 Å². The van der Waals surface area contributed by atoms with Crippen molar-refractivity contribution >= 4 is 27.5 Å². The minimum Gasteiger partial charge on any atom is -0.414 e. The first-order valence-corrected chi connectivity index (χ1v) is 6.12. The van der Waals surface area contributed by atoms with Gasteiger partial charge in [-0.1, -0.05) is 11.6 Å². The SMILES string of the molecule is COn1cc(Br)c(-c2ccc(F)cc2Cl)cc1=O. The lowest BCUT2D eigenvalue weighted by molar-refractivity contribution is 0.156. The molecule has 1 aromatic carbocycles. The minimum atomic E-state index is -0.426. The van der Waals surface area contributed by atoms with Crippen molar-refractivity contribution in [2.75, 3.05) is 7.11 Å². The van der Waals surface area contributed by atoms with Gasteiger partial charge in [-0.2, -0.15) is 4.73 Å². The van der Waals surface area contributed by atoms with Gasteiger partial charge in [0.05, 0.1) is 11.2 Å². The summed E-state index contributed by atoms with van der Waals surface area (Å²) in [5.41, 5.74) is 0.819. The Hall–Kier alpha value is -1.33. The summed E-state index contributed by atoms with van der Waals surface area (Å²) in [5.74, 6) is -0.426. The smallest absolute Gasteiger partial charge is 0.283 e. The van der Waals surface area contributed by atoms with E-state index < -0.39 is 5.82 Å². The van der Waals surface area contributed by atoms with Gasteiger partial charge in [0, 0.05) is 21.7 Å². The van der Waals surface area contributed by atoms with Gasteiger partial charge in [-0.25, -0.2) is 4.39 Å². The van der Waals surface area contributed by atoms with Crippen molar-refractivity contribution in [3.63, 3.8) is 0 Å². The second-order valence-electron chi connectivity index (χ2n) is 3.51. The van der Waals surface area contributed by atoms with E-state index >= 15 is 0 Å². The fraction of sp³-hybridized carbons (Fsp3) is 0.0833. The number of nitrogens with zero attached hydrogens (tertiary/aromatic N) is 1. The fourth-order valence-corrected chi connectivity index (χ4v) is 2.33. The first-order chi connectivity index (χ1) is 8.52. The van der Waals surface area contributed by atoms with Crippen LogP contribution in [0.3, 0.4) is 0 Å². The summed E-state index contributed by atoms with van der Waals surface area (Å²) in [6, 6.07) is 5.38. The van der Waals surface area contributed by atoms with Crippen molar-refractivity contribution in [3.8, 4) is 11.1 Å². The molecule has 0 atom stereocenters. The molecule has 0 fully saturated rings. The molecular formula is C12H8BrClFNO2. The average Bonchev–Trinajstić information content (AvgIpc) is 2.32. The maximum atomic E-state index is 13.0. The van der Waals surface area contributed by atoms with E-state index in [0.29, 0.717) is 15.6 Å². The molecule has 0 unspecified atom stereocenters. The van der Waals surface area contributed by atoms with Gasteiger partial charge in [-0.3, -0.25) is 4.79 Å². The minimum absolute atomic E-state index is 0.241. The van der Waals surface area contributed by atoms with Gasteiger partial charge in [-0.05, 0) is 34.1 Å².